The second kappa shape index (κ2) is 6.08. The summed E-state index contributed by atoms with van der Waals surface area (Å²) in [6, 6.07) is 14.5. The summed E-state index contributed by atoms with van der Waals surface area (Å²) in [6.07, 6.45) is 3.08. The molecule has 0 spiro atoms. The maximum atomic E-state index is 12.5. The average molecular weight is 346 g/mol. The van der Waals surface area contributed by atoms with Gasteiger partial charge in [-0.15, -0.1) is 0 Å². The first-order valence-electron chi connectivity index (χ1n) is 9.36. The number of aromatic nitrogens is 1. The molecule has 2 N–H and O–H groups in total. The van der Waals surface area contributed by atoms with Crippen LogP contribution in [0.1, 0.15) is 29.5 Å². The van der Waals surface area contributed by atoms with Gasteiger partial charge in [0, 0.05) is 30.0 Å². The van der Waals surface area contributed by atoms with E-state index in [0.29, 0.717) is 0 Å². The Bertz CT molecular complexity index is 1050. The molecule has 1 aliphatic heterocycles. The normalized spacial score (nSPS) is 19.0. The zero-order valence-electron chi connectivity index (χ0n) is 14.7. The van der Waals surface area contributed by atoms with Crippen LogP contribution < -0.4 is 5.56 Å². The van der Waals surface area contributed by atoms with Crippen molar-refractivity contribution in [1.29, 1.82) is 0 Å². The maximum absolute atomic E-state index is 12.5. The Balaban J connectivity index is 1.60. The molecule has 0 amide bonds. The van der Waals surface area contributed by atoms with Gasteiger partial charge in [0.1, 0.15) is 0 Å². The molecule has 2 heterocycles. The highest BCUT2D eigenvalue weighted by molar-refractivity contribution is 5.93. The predicted molar refractivity (Wildman–Crippen MR) is 103 cm³/mol. The van der Waals surface area contributed by atoms with E-state index in [1.54, 1.807) is 0 Å². The summed E-state index contributed by atoms with van der Waals surface area (Å²) in [5.41, 5.74) is 5.97. The van der Waals surface area contributed by atoms with Crippen LogP contribution in [0.25, 0.3) is 22.0 Å². The molecule has 4 nitrogen and oxygen atoms in total. The van der Waals surface area contributed by atoms with Crippen LogP contribution in [-0.4, -0.2) is 34.2 Å². The topological polar surface area (TPSA) is 56.3 Å². The van der Waals surface area contributed by atoms with E-state index < -0.39 is 0 Å². The van der Waals surface area contributed by atoms with Crippen LogP contribution >= 0.6 is 0 Å². The van der Waals surface area contributed by atoms with Crippen LogP contribution in [-0.2, 0) is 13.0 Å². The summed E-state index contributed by atoms with van der Waals surface area (Å²) < 4.78 is 0. The molecule has 1 saturated heterocycles. The number of nitrogens with one attached hydrogen (secondary N) is 1. The number of rotatable bonds is 3. The average Bonchev–Trinajstić information content (AvgIpc) is 3.27. The maximum Gasteiger partial charge on any atom is 0.256 e. The van der Waals surface area contributed by atoms with Crippen molar-refractivity contribution in [3.8, 4) is 11.3 Å². The zero-order valence-corrected chi connectivity index (χ0v) is 14.7. The summed E-state index contributed by atoms with van der Waals surface area (Å²) in [6.45, 7) is 2.14. The predicted octanol–water partition coefficient (Wildman–Crippen LogP) is 3.06. The summed E-state index contributed by atoms with van der Waals surface area (Å²) in [4.78, 5) is 18.0. The van der Waals surface area contributed by atoms with Gasteiger partial charge in [0.25, 0.3) is 5.56 Å². The number of benzene rings is 2. The molecule has 0 saturated carbocycles. The van der Waals surface area contributed by atoms with E-state index >= 15 is 0 Å². The van der Waals surface area contributed by atoms with E-state index in [1.807, 2.05) is 18.2 Å². The number of nitrogens with zero attached hydrogens (tertiary/aromatic N) is 1. The highest BCUT2D eigenvalue weighted by Crippen LogP contribution is 2.40. The molecular formula is C22H22N2O2. The van der Waals surface area contributed by atoms with Gasteiger partial charge in [-0.05, 0) is 47.5 Å². The number of hydrogen-bond donors (Lipinski definition) is 2. The van der Waals surface area contributed by atoms with Gasteiger partial charge >= 0.3 is 0 Å². The van der Waals surface area contributed by atoms with E-state index in [2.05, 4.69) is 34.1 Å². The Kier molecular flexibility index (Phi) is 3.69. The molecule has 4 heteroatoms. The van der Waals surface area contributed by atoms with E-state index in [0.717, 1.165) is 54.4 Å². The van der Waals surface area contributed by atoms with Gasteiger partial charge in [-0.1, -0.05) is 36.4 Å². The molecule has 2 aliphatic rings. The zero-order chi connectivity index (χ0) is 17.7. The number of fused-ring (bicyclic) bond motifs is 5. The second-order valence-corrected chi connectivity index (χ2v) is 7.42. The molecule has 1 aromatic heterocycles. The smallest absolute Gasteiger partial charge is 0.256 e. The molecular weight excluding hydrogens is 324 g/mol. The van der Waals surface area contributed by atoms with E-state index in [-0.39, 0.29) is 18.2 Å². The van der Waals surface area contributed by atoms with Gasteiger partial charge in [-0.25, -0.2) is 0 Å². The first-order valence-corrected chi connectivity index (χ1v) is 9.36. The fraction of sp³-hybridized carbons (Fsp3) is 0.318. The number of likely N-dealkylation sites (tertiary alicyclic amines) is 1. The highest BCUT2D eigenvalue weighted by atomic mass is 16.3. The van der Waals surface area contributed by atoms with Crippen molar-refractivity contribution in [3.63, 3.8) is 0 Å². The van der Waals surface area contributed by atoms with Crippen molar-refractivity contribution in [2.45, 2.75) is 31.8 Å². The summed E-state index contributed by atoms with van der Waals surface area (Å²) in [7, 11) is 0. The van der Waals surface area contributed by atoms with Crippen molar-refractivity contribution in [2.24, 2.45) is 0 Å². The third-order valence-corrected chi connectivity index (χ3v) is 6.02. The van der Waals surface area contributed by atoms with Gasteiger partial charge in [0.05, 0.1) is 12.3 Å². The first kappa shape index (κ1) is 15.8. The number of hydrogen-bond acceptors (Lipinski definition) is 3. The monoisotopic (exact) mass is 346 g/mol. The van der Waals surface area contributed by atoms with Crippen LogP contribution in [0.5, 0.6) is 0 Å². The second-order valence-electron chi connectivity index (χ2n) is 7.42. The summed E-state index contributed by atoms with van der Waals surface area (Å²) >= 11 is 0. The number of H-pyrrole nitrogens is 1. The Labute approximate surface area is 152 Å². The van der Waals surface area contributed by atoms with Crippen molar-refractivity contribution in [3.05, 3.63) is 69.5 Å². The van der Waals surface area contributed by atoms with Crippen LogP contribution in [0.3, 0.4) is 0 Å². The number of aromatic amines is 1. The minimum absolute atomic E-state index is 0.0162. The van der Waals surface area contributed by atoms with E-state index in [9.17, 15) is 9.90 Å². The van der Waals surface area contributed by atoms with Crippen molar-refractivity contribution in [2.75, 3.05) is 13.2 Å². The van der Waals surface area contributed by atoms with Crippen LogP contribution in [0.2, 0.25) is 0 Å². The molecule has 26 heavy (non-hydrogen) atoms. The molecule has 0 bridgehead atoms. The third kappa shape index (κ3) is 2.33. The van der Waals surface area contributed by atoms with Crippen LogP contribution in [0.4, 0.5) is 0 Å². The fourth-order valence-electron chi connectivity index (χ4n) is 4.68. The largest absolute Gasteiger partial charge is 0.395 e. The fourth-order valence-corrected chi connectivity index (χ4v) is 4.68. The van der Waals surface area contributed by atoms with Crippen LogP contribution in [0, 0.1) is 0 Å². The highest BCUT2D eigenvalue weighted by Gasteiger charge is 2.28. The Hall–Kier alpha value is -2.43. The SMILES string of the molecule is O=c1[nH]c2c(c3ccccc13)Cc1c(CN3CCCC3CO)cccc1-2. The lowest BCUT2D eigenvalue weighted by Gasteiger charge is -2.23. The number of pyridine rings is 1. The van der Waals surface area contributed by atoms with Gasteiger partial charge in [0.2, 0.25) is 0 Å². The van der Waals surface area contributed by atoms with E-state index in [1.165, 1.54) is 16.7 Å². The third-order valence-electron chi connectivity index (χ3n) is 6.02. The van der Waals surface area contributed by atoms with Crippen molar-refractivity contribution < 1.29 is 5.11 Å². The molecule has 3 aromatic rings. The minimum Gasteiger partial charge on any atom is -0.395 e. The summed E-state index contributed by atoms with van der Waals surface area (Å²) in [5.74, 6) is 0. The minimum atomic E-state index is -0.0162. The molecule has 1 unspecified atom stereocenters. The molecule has 1 aliphatic carbocycles. The Morgan fingerprint density at radius 3 is 2.77 bits per heavy atom. The number of aliphatic hydroxyl groups is 1. The van der Waals surface area contributed by atoms with Gasteiger partial charge in [0.15, 0.2) is 0 Å². The molecule has 132 valence electrons. The lowest BCUT2D eigenvalue weighted by Crippen LogP contribution is -2.31. The standard InChI is InChI=1S/C22H22N2O2/c25-13-15-6-4-10-24(15)12-14-5-3-9-17-19(14)11-20-16-7-1-2-8-18(16)22(26)23-21(17)20/h1-3,5,7-9,15,25H,4,6,10-13H2,(H,23,26). The lowest BCUT2D eigenvalue weighted by atomic mass is 10.0. The van der Waals surface area contributed by atoms with E-state index in [4.69, 9.17) is 0 Å². The number of aliphatic hydroxyl groups excluding tert-OH is 1. The Morgan fingerprint density at radius 1 is 1.08 bits per heavy atom. The molecule has 0 radical (unpaired) electrons. The van der Waals surface area contributed by atoms with Crippen molar-refractivity contribution in [1.82, 2.24) is 9.88 Å². The summed E-state index contributed by atoms with van der Waals surface area (Å²) in [5, 5.41) is 11.4. The molecule has 1 atom stereocenters. The molecule has 2 aromatic carbocycles. The first-order chi connectivity index (χ1) is 12.8. The van der Waals surface area contributed by atoms with Gasteiger partial charge in [-0.3, -0.25) is 9.69 Å². The lowest BCUT2D eigenvalue weighted by molar-refractivity contribution is 0.153. The molecule has 1 fully saturated rings. The Morgan fingerprint density at radius 2 is 1.92 bits per heavy atom. The van der Waals surface area contributed by atoms with Gasteiger partial charge < -0.3 is 10.1 Å². The molecule has 5 rings (SSSR count). The van der Waals surface area contributed by atoms with Crippen molar-refractivity contribution >= 4 is 10.8 Å². The quantitative estimate of drug-likeness (QED) is 0.599. The van der Waals surface area contributed by atoms with Gasteiger partial charge in [-0.2, -0.15) is 0 Å². The van der Waals surface area contributed by atoms with Crippen LogP contribution in [0.15, 0.2) is 47.3 Å².